The Balaban J connectivity index is 1.83. The van der Waals surface area contributed by atoms with Crippen molar-refractivity contribution in [3.8, 4) is 0 Å². The molecule has 1 fully saturated rings. The van der Waals surface area contributed by atoms with Crippen LogP contribution in [0.15, 0.2) is 24.5 Å². The lowest BCUT2D eigenvalue weighted by molar-refractivity contribution is 0.159. The largest absolute Gasteiger partial charge is 0.498 e. The van der Waals surface area contributed by atoms with E-state index in [1.807, 2.05) is 6.07 Å². The van der Waals surface area contributed by atoms with E-state index < -0.39 is 0 Å². The van der Waals surface area contributed by atoms with Crippen molar-refractivity contribution in [1.29, 1.82) is 0 Å². The Bertz CT molecular complexity index is 546. The Hall–Kier alpha value is -1.71. The predicted molar refractivity (Wildman–Crippen MR) is 111 cm³/mol. The first-order valence-corrected chi connectivity index (χ1v) is 10.5. The number of nitrogens with zero attached hydrogens (tertiary/aromatic N) is 2. The molecule has 2 N–H and O–H groups in total. The highest BCUT2D eigenvalue weighted by atomic mass is 16.5. The molecule has 1 aromatic heterocycles. The molecule has 0 atom stereocenters. The molecule has 0 spiro atoms. The number of ether oxygens (including phenoxy) is 1. The van der Waals surface area contributed by atoms with Gasteiger partial charge in [-0.25, -0.2) is 4.98 Å². The van der Waals surface area contributed by atoms with E-state index in [1.54, 1.807) is 0 Å². The molecule has 1 heterocycles. The second-order valence-electron chi connectivity index (χ2n) is 7.48. The molecule has 1 aromatic rings. The van der Waals surface area contributed by atoms with E-state index in [0.717, 1.165) is 56.8 Å². The third-order valence-electron chi connectivity index (χ3n) is 5.16. The summed E-state index contributed by atoms with van der Waals surface area (Å²) in [6, 6.07) is 4.19. The minimum atomic E-state index is 0.567. The molecule has 1 aliphatic carbocycles. The number of nitrogens with two attached hydrogens (primary N) is 1. The van der Waals surface area contributed by atoms with E-state index in [4.69, 9.17) is 10.5 Å². The van der Waals surface area contributed by atoms with Gasteiger partial charge in [-0.05, 0) is 44.6 Å². The Morgan fingerprint density at radius 2 is 1.88 bits per heavy atom. The van der Waals surface area contributed by atoms with Gasteiger partial charge in [-0.1, -0.05) is 39.7 Å². The van der Waals surface area contributed by atoms with Crippen LogP contribution in [0.3, 0.4) is 0 Å². The number of rotatable bonds is 11. The highest BCUT2D eigenvalue weighted by molar-refractivity contribution is 5.54. The molecule has 0 radical (unpaired) electrons. The van der Waals surface area contributed by atoms with Gasteiger partial charge in [0.15, 0.2) is 0 Å². The number of hydrogen-bond donors (Lipinski definition) is 1. The number of nitrogen functional groups attached to an aromatic ring is 1. The van der Waals surface area contributed by atoms with Gasteiger partial charge in [0.05, 0.1) is 12.4 Å². The zero-order chi connectivity index (χ0) is 18.8. The van der Waals surface area contributed by atoms with Crippen molar-refractivity contribution in [2.45, 2.75) is 71.6 Å². The van der Waals surface area contributed by atoms with Crippen molar-refractivity contribution in [1.82, 2.24) is 4.98 Å². The minimum Gasteiger partial charge on any atom is -0.498 e. The van der Waals surface area contributed by atoms with Crippen molar-refractivity contribution in [3.05, 3.63) is 30.2 Å². The normalized spacial score (nSPS) is 15.0. The Morgan fingerprint density at radius 1 is 1.19 bits per heavy atom. The Morgan fingerprint density at radius 3 is 2.54 bits per heavy atom. The molecule has 0 amide bonds. The maximum atomic E-state index is 6.06. The third-order valence-corrected chi connectivity index (χ3v) is 5.16. The molecule has 0 saturated heterocycles. The fraction of sp³-hybridized carbons (Fsp3) is 0.682. The highest BCUT2D eigenvalue weighted by Gasteiger charge is 2.17. The second-order valence-corrected chi connectivity index (χ2v) is 7.48. The fourth-order valence-corrected chi connectivity index (χ4v) is 3.81. The van der Waals surface area contributed by atoms with E-state index >= 15 is 0 Å². The summed E-state index contributed by atoms with van der Waals surface area (Å²) >= 11 is 0. The molecule has 4 nitrogen and oxygen atoms in total. The van der Waals surface area contributed by atoms with Crippen LogP contribution in [0.2, 0.25) is 0 Å². The lowest BCUT2D eigenvalue weighted by Crippen LogP contribution is -2.25. The van der Waals surface area contributed by atoms with Gasteiger partial charge < -0.3 is 15.4 Å². The van der Waals surface area contributed by atoms with Gasteiger partial charge >= 0.3 is 0 Å². The predicted octanol–water partition coefficient (Wildman–Crippen LogP) is 5.33. The van der Waals surface area contributed by atoms with Crippen molar-refractivity contribution in [2.75, 3.05) is 30.3 Å². The zero-order valence-electron chi connectivity index (χ0n) is 16.8. The lowest BCUT2D eigenvalue weighted by atomic mass is 9.88. The van der Waals surface area contributed by atoms with E-state index in [9.17, 15) is 0 Å². The summed E-state index contributed by atoms with van der Waals surface area (Å²) < 4.78 is 5.92. The zero-order valence-corrected chi connectivity index (χ0v) is 16.8. The molecule has 4 heteroatoms. The average Bonchev–Trinajstić information content (AvgIpc) is 2.65. The van der Waals surface area contributed by atoms with Gasteiger partial charge in [0.2, 0.25) is 0 Å². The number of aromatic nitrogens is 1. The topological polar surface area (TPSA) is 51.4 Å². The molecule has 1 aliphatic rings. The summed E-state index contributed by atoms with van der Waals surface area (Å²) in [6.07, 6.45) is 10.6. The van der Waals surface area contributed by atoms with Gasteiger partial charge in [-0.3, -0.25) is 0 Å². The molecule has 1 saturated carbocycles. The summed E-state index contributed by atoms with van der Waals surface area (Å²) in [5.74, 6) is 2.17. The highest BCUT2D eigenvalue weighted by Crippen LogP contribution is 2.29. The van der Waals surface area contributed by atoms with Crippen molar-refractivity contribution in [3.63, 3.8) is 0 Å². The monoisotopic (exact) mass is 359 g/mol. The van der Waals surface area contributed by atoms with Crippen molar-refractivity contribution < 1.29 is 4.74 Å². The number of hydrogen-bond acceptors (Lipinski definition) is 4. The van der Waals surface area contributed by atoms with Crippen LogP contribution in [0.25, 0.3) is 0 Å². The molecule has 0 unspecified atom stereocenters. The van der Waals surface area contributed by atoms with Gasteiger partial charge in [0.1, 0.15) is 5.82 Å². The van der Waals surface area contributed by atoms with Gasteiger partial charge in [0, 0.05) is 36.5 Å². The Kier molecular flexibility index (Phi) is 8.79. The number of allylic oxidation sites excluding steroid dienone is 1. The number of aryl methyl sites for hydroxylation is 1. The number of anilines is 2. The van der Waals surface area contributed by atoms with E-state index in [2.05, 4.69) is 36.4 Å². The molecule has 0 aromatic carbocycles. The number of pyridine rings is 1. The second kappa shape index (κ2) is 11.1. The quantitative estimate of drug-likeness (QED) is 0.428. The van der Waals surface area contributed by atoms with Crippen LogP contribution in [0.5, 0.6) is 0 Å². The van der Waals surface area contributed by atoms with Crippen molar-refractivity contribution in [2.24, 2.45) is 5.92 Å². The van der Waals surface area contributed by atoms with Gasteiger partial charge in [-0.15, -0.1) is 0 Å². The first kappa shape index (κ1) is 20.6. The summed E-state index contributed by atoms with van der Waals surface area (Å²) in [5.41, 5.74) is 8.31. The molecular formula is C22H37N3O. The molecule has 146 valence electrons. The van der Waals surface area contributed by atoms with Gasteiger partial charge in [-0.2, -0.15) is 0 Å². The Labute approximate surface area is 159 Å². The maximum absolute atomic E-state index is 6.06. The van der Waals surface area contributed by atoms with Crippen LogP contribution in [-0.2, 0) is 11.2 Å². The lowest BCUT2D eigenvalue weighted by Gasteiger charge is -2.25. The van der Waals surface area contributed by atoms with E-state index in [-0.39, 0.29) is 0 Å². The summed E-state index contributed by atoms with van der Waals surface area (Å²) in [7, 11) is 0. The van der Waals surface area contributed by atoms with Crippen LogP contribution in [0.4, 0.5) is 11.5 Å². The first-order chi connectivity index (χ1) is 12.6. The summed E-state index contributed by atoms with van der Waals surface area (Å²) in [5, 5.41) is 0. The van der Waals surface area contributed by atoms with Crippen LogP contribution in [0, 0.1) is 5.92 Å². The van der Waals surface area contributed by atoms with Crippen LogP contribution >= 0.6 is 0 Å². The SMILES string of the molecule is C=C(OCCCc1cc(N(CCC)CCC)cc(N)n1)C1CCCCC1. The average molecular weight is 360 g/mol. The third kappa shape index (κ3) is 6.54. The first-order valence-electron chi connectivity index (χ1n) is 10.5. The molecule has 0 bridgehead atoms. The van der Waals surface area contributed by atoms with Crippen LogP contribution < -0.4 is 10.6 Å². The van der Waals surface area contributed by atoms with Crippen LogP contribution in [0.1, 0.15) is 70.9 Å². The molecular weight excluding hydrogens is 322 g/mol. The van der Waals surface area contributed by atoms with E-state index in [0.29, 0.717) is 11.7 Å². The standard InChI is InChI=1S/C22H37N3O/c1-4-13-25(14-5-2)21-16-20(24-22(23)17-21)12-9-15-26-18(3)19-10-7-6-8-11-19/h16-17,19H,3-15H2,1-2H3,(H2,23,24). The molecule has 26 heavy (non-hydrogen) atoms. The maximum Gasteiger partial charge on any atom is 0.125 e. The summed E-state index contributed by atoms with van der Waals surface area (Å²) in [4.78, 5) is 6.92. The minimum absolute atomic E-state index is 0.567. The van der Waals surface area contributed by atoms with Crippen LogP contribution in [-0.4, -0.2) is 24.7 Å². The smallest absolute Gasteiger partial charge is 0.125 e. The van der Waals surface area contributed by atoms with Crippen molar-refractivity contribution >= 4 is 11.5 Å². The van der Waals surface area contributed by atoms with E-state index in [1.165, 1.54) is 37.8 Å². The molecule has 2 rings (SSSR count). The molecule has 0 aliphatic heterocycles. The van der Waals surface area contributed by atoms with Gasteiger partial charge in [0.25, 0.3) is 0 Å². The fourth-order valence-electron chi connectivity index (χ4n) is 3.81. The summed E-state index contributed by atoms with van der Waals surface area (Å²) in [6.45, 7) is 11.4.